The SMILES string of the molecule is CC(CCCNC(=N)N)CN=C(N)N.Cl. The Kier molecular flexibility index (Phi) is 10.2. The third-order valence-corrected chi connectivity index (χ3v) is 1.77. The standard InChI is InChI=1S/C8H20N6.ClH/c1-6(5-14-8(11)12)3-2-4-13-7(9)10;/h6H,2-5H2,1H3,(H4,9,10,13)(H4,11,12,14);1H. The fraction of sp³-hybridized carbons (Fsp3) is 0.750. The summed E-state index contributed by atoms with van der Waals surface area (Å²) >= 11 is 0. The van der Waals surface area contributed by atoms with Gasteiger partial charge in [-0.2, -0.15) is 0 Å². The van der Waals surface area contributed by atoms with E-state index in [2.05, 4.69) is 17.2 Å². The second kappa shape index (κ2) is 9.39. The van der Waals surface area contributed by atoms with Crippen molar-refractivity contribution in [1.29, 1.82) is 5.41 Å². The van der Waals surface area contributed by atoms with E-state index in [-0.39, 0.29) is 24.3 Å². The van der Waals surface area contributed by atoms with Crippen LogP contribution >= 0.6 is 12.4 Å². The van der Waals surface area contributed by atoms with Gasteiger partial charge in [-0.1, -0.05) is 6.92 Å². The summed E-state index contributed by atoms with van der Waals surface area (Å²) in [7, 11) is 0. The molecule has 0 radical (unpaired) electrons. The van der Waals surface area contributed by atoms with Gasteiger partial charge in [0.15, 0.2) is 11.9 Å². The minimum Gasteiger partial charge on any atom is -0.370 e. The van der Waals surface area contributed by atoms with Gasteiger partial charge in [-0.15, -0.1) is 12.4 Å². The lowest BCUT2D eigenvalue weighted by Gasteiger charge is -2.08. The van der Waals surface area contributed by atoms with Crippen molar-refractivity contribution < 1.29 is 0 Å². The Hall–Kier alpha value is -1.17. The molecule has 0 amide bonds. The van der Waals surface area contributed by atoms with Crippen molar-refractivity contribution in [2.24, 2.45) is 28.1 Å². The van der Waals surface area contributed by atoms with Crippen molar-refractivity contribution in [3.63, 3.8) is 0 Å². The molecule has 0 aliphatic carbocycles. The Morgan fingerprint density at radius 1 is 1.40 bits per heavy atom. The van der Waals surface area contributed by atoms with Gasteiger partial charge in [0.1, 0.15) is 0 Å². The van der Waals surface area contributed by atoms with E-state index in [1.807, 2.05) is 0 Å². The molecule has 0 aromatic carbocycles. The first-order chi connectivity index (χ1) is 6.52. The highest BCUT2D eigenvalue weighted by atomic mass is 35.5. The molecule has 8 N–H and O–H groups in total. The molecule has 0 aliphatic heterocycles. The number of nitrogens with two attached hydrogens (primary N) is 3. The van der Waals surface area contributed by atoms with Crippen LogP contribution in [0.2, 0.25) is 0 Å². The van der Waals surface area contributed by atoms with Crippen molar-refractivity contribution in [3.05, 3.63) is 0 Å². The maximum atomic E-state index is 6.93. The van der Waals surface area contributed by atoms with Crippen molar-refractivity contribution in [3.8, 4) is 0 Å². The van der Waals surface area contributed by atoms with E-state index in [1.165, 1.54) is 0 Å². The van der Waals surface area contributed by atoms with Crippen LogP contribution in [0.15, 0.2) is 4.99 Å². The van der Waals surface area contributed by atoms with Crippen molar-refractivity contribution in [1.82, 2.24) is 5.32 Å². The Labute approximate surface area is 96.6 Å². The predicted molar refractivity (Wildman–Crippen MR) is 66.2 cm³/mol. The first-order valence-electron chi connectivity index (χ1n) is 4.65. The third-order valence-electron chi connectivity index (χ3n) is 1.77. The number of aliphatic imine (C=N–C) groups is 1. The van der Waals surface area contributed by atoms with Crippen molar-refractivity contribution >= 4 is 24.3 Å². The quantitative estimate of drug-likeness (QED) is 0.244. The third kappa shape index (κ3) is 12.8. The maximum absolute atomic E-state index is 6.93. The molecular formula is C8H21ClN6. The zero-order valence-corrected chi connectivity index (χ0v) is 9.81. The molecule has 7 heteroatoms. The van der Waals surface area contributed by atoms with E-state index in [0.29, 0.717) is 12.5 Å². The van der Waals surface area contributed by atoms with Crippen LogP contribution < -0.4 is 22.5 Å². The molecule has 1 atom stereocenters. The number of hydrogen-bond acceptors (Lipinski definition) is 2. The van der Waals surface area contributed by atoms with Crippen LogP contribution in [0.4, 0.5) is 0 Å². The topological polar surface area (TPSA) is 126 Å². The van der Waals surface area contributed by atoms with E-state index in [4.69, 9.17) is 22.6 Å². The first-order valence-corrected chi connectivity index (χ1v) is 4.65. The van der Waals surface area contributed by atoms with Gasteiger partial charge >= 0.3 is 0 Å². The minimum atomic E-state index is 0. The summed E-state index contributed by atoms with van der Waals surface area (Å²) < 4.78 is 0. The van der Waals surface area contributed by atoms with Crippen LogP contribution in [0.25, 0.3) is 0 Å². The van der Waals surface area contributed by atoms with Gasteiger partial charge < -0.3 is 22.5 Å². The average Bonchev–Trinajstić information content (AvgIpc) is 2.08. The maximum Gasteiger partial charge on any atom is 0.185 e. The van der Waals surface area contributed by atoms with Gasteiger partial charge in [0, 0.05) is 13.1 Å². The fourth-order valence-electron chi connectivity index (χ4n) is 1.03. The van der Waals surface area contributed by atoms with Gasteiger partial charge in [0.25, 0.3) is 0 Å². The molecule has 15 heavy (non-hydrogen) atoms. The summed E-state index contributed by atoms with van der Waals surface area (Å²) in [4.78, 5) is 3.92. The number of guanidine groups is 2. The van der Waals surface area contributed by atoms with Crippen LogP contribution in [-0.4, -0.2) is 25.0 Å². The lowest BCUT2D eigenvalue weighted by atomic mass is 10.1. The molecule has 6 nitrogen and oxygen atoms in total. The summed E-state index contributed by atoms with van der Waals surface area (Å²) in [6, 6.07) is 0. The monoisotopic (exact) mass is 236 g/mol. The van der Waals surface area contributed by atoms with Crippen LogP contribution in [0.5, 0.6) is 0 Å². The zero-order valence-electron chi connectivity index (χ0n) is 8.99. The zero-order chi connectivity index (χ0) is 11.0. The number of nitrogens with one attached hydrogen (secondary N) is 2. The van der Waals surface area contributed by atoms with Crippen LogP contribution in [0.1, 0.15) is 19.8 Å². The molecule has 1 unspecified atom stereocenters. The molecule has 0 heterocycles. The molecule has 0 aromatic rings. The highest BCUT2D eigenvalue weighted by Gasteiger charge is 2.00. The fourth-order valence-corrected chi connectivity index (χ4v) is 1.03. The van der Waals surface area contributed by atoms with Gasteiger partial charge in [-0.25, -0.2) is 0 Å². The van der Waals surface area contributed by atoms with Crippen LogP contribution in [0, 0.1) is 11.3 Å². The Balaban J connectivity index is 0. The van der Waals surface area contributed by atoms with Gasteiger partial charge in [0.05, 0.1) is 0 Å². The molecule has 0 rings (SSSR count). The number of nitrogens with zero attached hydrogens (tertiary/aromatic N) is 1. The molecule has 0 saturated heterocycles. The van der Waals surface area contributed by atoms with Crippen LogP contribution in [-0.2, 0) is 0 Å². The van der Waals surface area contributed by atoms with Crippen LogP contribution in [0.3, 0.4) is 0 Å². The summed E-state index contributed by atoms with van der Waals surface area (Å²) in [6.45, 7) is 3.46. The summed E-state index contributed by atoms with van der Waals surface area (Å²) in [6.07, 6.45) is 1.97. The molecule has 0 spiro atoms. The van der Waals surface area contributed by atoms with Gasteiger partial charge in [-0.05, 0) is 18.8 Å². The predicted octanol–water partition coefficient (Wildman–Crippen LogP) is -0.419. The lowest BCUT2D eigenvalue weighted by molar-refractivity contribution is 0.518. The Morgan fingerprint density at radius 3 is 2.47 bits per heavy atom. The van der Waals surface area contributed by atoms with E-state index >= 15 is 0 Å². The highest BCUT2D eigenvalue weighted by molar-refractivity contribution is 5.85. The molecule has 0 aliphatic rings. The molecule has 0 saturated carbocycles. The molecule has 0 fully saturated rings. The smallest absolute Gasteiger partial charge is 0.185 e. The number of rotatable bonds is 6. The van der Waals surface area contributed by atoms with E-state index in [1.54, 1.807) is 0 Å². The Bertz CT molecular complexity index is 201. The lowest BCUT2D eigenvalue weighted by Crippen LogP contribution is -2.31. The van der Waals surface area contributed by atoms with Gasteiger partial charge in [0.2, 0.25) is 0 Å². The van der Waals surface area contributed by atoms with E-state index in [0.717, 1.165) is 19.4 Å². The number of halogens is 1. The molecule has 90 valence electrons. The second-order valence-corrected chi connectivity index (χ2v) is 3.35. The summed E-state index contributed by atoms with van der Waals surface area (Å²) in [5.74, 6) is 0.603. The summed E-state index contributed by atoms with van der Waals surface area (Å²) in [5, 5.41) is 9.67. The normalized spacial score (nSPS) is 11.0. The van der Waals surface area contributed by atoms with Crippen molar-refractivity contribution in [2.45, 2.75) is 19.8 Å². The first kappa shape index (κ1) is 16.3. The molecular weight excluding hydrogens is 216 g/mol. The highest BCUT2D eigenvalue weighted by Crippen LogP contribution is 2.04. The largest absolute Gasteiger partial charge is 0.370 e. The summed E-state index contributed by atoms with van der Waals surface area (Å²) in [5.41, 5.74) is 15.5. The second-order valence-electron chi connectivity index (χ2n) is 3.35. The average molecular weight is 237 g/mol. The Morgan fingerprint density at radius 2 is 2.00 bits per heavy atom. The van der Waals surface area contributed by atoms with Crippen molar-refractivity contribution in [2.75, 3.05) is 13.1 Å². The number of hydrogen-bond donors (Lipinski definition) is 5. The molecule has 0 bridgehead atoms. The van der Waals surface area contributed by atoms with Gasteiger partial charge in [-0.3, -0.25) is 10.4 Å². The van der Waals surface area contributed by atoms with E-state index < -0.39 is 0 Å². The van der Waals surface area contributed by atoms with E-state index in [9.17, 15) is 0 Å². The molecule has 0 aromatic heterocycles. The minimum absolute atomic E-state index is 0.